The number of ether oxygens (including phenoxy) is 1. The van der Waals surface area contributed by atoms with Crippen molar-refractivity contribution in [1.29, 1.82) is 0 Å². The number of hydrogen-bond acceptors (Lipinski definition) is 4. The summed E-state index contributed by atoms with van der Waals surface area (Å²) in [7, 11) is 0. The molecular formula is C13H22BrN3O2. The highest BCUT2D eigenvalue weighted by atomic mass is 79.9. The van der Waals surface area contributed by atoms with Gasteiger partial charge in [-0.3, -0.25) is 4.79 Å². The van der Waals surface area contributed by atoms with E-state index >= 15 is 0 Å². The molecular weight excluding hydrogens is 310 g/mol. The summed E-state index contributed by atoms with van der Waals surface area (Å²) in [6, 6.07) is 0.0558. The second-order valence-corrected chi connectivity index (χ2v) is 5.40. The van der Waals surface area contributed by atoms with Crippen molar-refractivity contribution in [3.8, 4) is 0 Å². The third-order valence-electron chi connectivity index (χ3n) is 2.56. The summed E-state index contributed by atoms with van der Waals surface area (Å²) in [5.41, 5.74) is 0.625. The Morgan fingerprint density at radius 1 is 1.47 bits per heavy atom. The standard InChI is InChI=1S/C13H22BrN3O2/c1-4-7-19-8-5-6-15-11-9-16-17(10(2)3)13(18)12(11)14/h9-10,15H,4-8H2,1-3H3. The zero-order valence-corrected chi connectivity index (χ0v) is 13.4. The van der Waals surface area contributed by atoms with Crippen LogP contribution in [0, 0.1) is 0 Å². The van der Waals surface area contributed by atoms with E-state index in [4.69, 9.17) is 4.74 Å². The molecule has 1 rings (SSSR count). The molecule has 5 nitrogen and oxygen atoms in total. The van der Waals surface area contributed by atoms with Crippen LogP contribution in [0.15, 0.2) is 15.5 Å². The van der Waals surface area contributed by atoms with Crippen LogP contribution < -0.4 is 10.9 Å². The molecule has 1 aromatic rings. The molecule has 6 heteroatoms. The summed E-state index contributed by atoms with van der Waals surface area (Å²) in [6.07, 6.45) is 3.62. The van der Waals surface area contributed by atoms with Gasteiger partial charge >= 0.3 is 0 Å². The lowest BCUT2D eigenvalue weighted by molar-refractivity contribution is 0.134. The average Bonchev–Trinajstić information content (AvgIpc) is 2.38. The van der Waals surface area contributed by atoms with Crippen LogP contribution >= 0.6 is 15.9 Å². The van der Waals surface area contributed by atoms with Gasteiger partial charge in [-0.1, -0.05) is 6.92 Å². The maximum Gasteiger partial charge on any atom is 0.283 e. The van der Waals surface area contributed by atoms with Gasteiger partial charge in [-0.25, -0.2) is 4.68 Å². The Kier molecular flexibility index (Phi) is 7.09. The number of hydrogen-bond donors (Lipinski definition) is 1. The van der Waals surface area contributed by atoms with E-state index in [2.05, 4.69) is 33.3 Å². The van der Waals surface area contributed by atoms with E-state index in [9.17, 15) is 4.79 Å². The van der Waals surface area contributed by atoms with Gasteiger partial charge in [0, 0.05) is 19.8 Å². The molecule has 0 fully saturated rings. The minimum absolute atomic E-state index is 0.0558. The molecule has 0 unspecified atom stereocenters. The highest BCUT2D eigenvalue weighted by Gasteiger charge is 2.10. The van der Waals surface area contributed by atoms with Gasteiger partial charge in [0.2, 0.25) is 0 Å². The molecule has 0 saturated carbocycles. The van der Waals surface area contributed by atoms with Crippen LogP contribution in [0.25, 0.3) is 0 Å². The van der Waals surface area contributed by atoms with Crippen molar-refractivity contribution in [2.24, 2.45) is 0 Å². The first-order valence-corrected chi connectivity index (χ1v) is 7.46. The lowest BCUT2D eigenvalue weighted by Crippen LogP contribution is -2.26. The second kappa shape index (κ2) is 8.32. The van der Waals surface area contributed by atoms with Crippen molar-refractivity contribution in [2.45, 2.75) is 39.7 Å². The molecule has 0 aliphatic rings. The van der Waals surface area contributed by atoms with Crippen molar-refractivity contribution in [3.63, 3.8) is 0 Å². The average molecular weight is 332 g/mol. The minimum Gasteiger partial charge on any atom is -0.383 e. The zero-order valence-electron chi connectivity index (χ0n) is 11.8. The lowest BCUT2D eigenvalue weighted by atomic mass is 10.3. The Morgan fingerprint density at radius 2 is 2.21 bits per heavy atom. The summed E-state index contributed by atoms with van der Waals surface area (Å²) in [5.74, 6) is 0. The Labute approximate surface area is 122 Å². The zero-order chi connectivity index (χ0) is 14.3. The lowest BCUT2D eigenvalue weighted by Gasteiger charge is -2.12. The maximum atomic E-state index is 12.0. The van der Waals surface area contributed by atoms with Gasteiger partial charge in [0.15, 0.2) is 0 Å². The number of nitrogens with one attached hydrogen (secondary N) is 1. The third kappa shape index (κ3) is 4.95. The molecule has 0 aliphatic carbocycles. The Morgan fingerprint density at radius 3 is 2.84 bits per heavy atom. The SMILES string of the molecule is CCCOCCCNc1cnn(C(C)C)c(=O)c1Br. The van der Waals surface area contributed by atoms with Crippen molar-refractivity contribution < 1.29 is 4.74 Å². The summed E-state index contributed by atoms with van der Waals surface area (Å²) < 4.78 is 7.38. The van der Waals surface area contributed by atoms with Gasteiger partial charge < -0.3 is 10.1 Å². The second-order valence-electron chi connectivity index (χ2n) is 4.61. The fourth-order valence-corrected chi connectivity index (χ4v) is 2.00. The molecule has 0 atom stereocenters. The van der Waals surface area contributed by atoms with E-state index in [0.717, 1.165) is 38.3 Å². The van der Waals surface area contributed by atoms with Crippen LogP contribution in [-0.2, 0) is 4.74 Å². The summed E-state index contributed by atoms with van der Waals surface area (Å²) in [4.78, 5) is 12.0. The molecule has 0 aromatic carbocycles. The Bertz CT molecular complexity index is 446. The van der Waals surface area contributed by atoms with Crippen molar-refractivity contribution >= 4 is 21.6 Å². The van der Waals surface area contributed by atoms with Crippen molar-refractivity contribution in [1.82, 2.24) is 9.78 Å². The largest absolute Gasteiger partial charge is 0.383 e. The molecule has 108 valence electrons. The highest BCUT2D eigenvalue weighted by molar-refractivity contribution is 9.10. The number of nitrogens with zero attached hydrogens (tertiary/aromatic N) is 2. The van der Waals surface area contributed by atoms with Gasteiger partial charge in [-0.05, 0) is 42.6 Å². The predicted octanol–water partition coefficient (Wildman–Crippen LogP) is 2.82. The van der Waals surface area contributed by atoms with Crippen LogP contribution in [0.3, 0.4) is 0 Å². The topological polar surface area (TPSA) is 56.1 Å². The van der Waals surface area contributed by atoms with E-state index in [0.29, 0.717) is 4.47 Å². The van der Waals surface area contributed by atoms with E-state index in [1.54, 1.807) is 6.20 Å². The van der Waals surface area contributed by atoms with Gasteiger partial charge in [-0.2, -0.15) is 5.10 Å². The van der Waals surface area contributed by atoms with Crippen LogP contribution in [-0.4, -0.2) is 29.5 Å². The minimum atomic E-state index is -0.109. The first kappa shape index (κ1) is 16.2. The van der Waals surface area contributed by atoms with E-state index < -0.39 is 0 Å². The molecule has 1 heterocycles. The Balaban J connectivity index is 2.51. The van der Waals surface area contributed by atoms with Crippen LogP contribution in [0.2, 0.25) is 0 Å². The van der Waals surface area contributed by atoms with Crippen molar-refractivity contribution in [3.05, 3.63) is 21.0 Å². The first-order valence-electron chi connectivity index (χ1n) is 6.66. The smallest absolute Gasteiger partial charge is 0.283 e. The molecule has 0 spiro atoms. The molecule has 1 N–H and O–H groups in total. The monoisotopic (exact) mass is 331 g/mol. The highest BCUT2D eigenvalue weighted by Crippen LogP contribution is 2.16. The van der Waals surface area contributed by atoms with Gasteiger partial charge in [0.1, 0.15) is 4.47 Å². The fourth-order valence-electron chi connectivity index (χ4n) is 1.58. The normalized spacial score (nSPS) is 11.0. The van der Waals surface area contributed by atoms with E-state index in [1.807, 2.05) is 13.8 Å². The fraction of sp³-hybridized carbons (Fsp3) is 0.692. The molecule has 0 radical (unpaired) electrons. The number of anilines is 1. The summed E-state index contributed by atoms with van der Waals surface area (Å²) in [6.45, 7) is 8.24. The molecule has 0 bridgehead atoms. The van der Waals surface area contributed by atoms with Crippen LogP contribution in [0.4, 0.5) is 5.69 Å². The first-order chi connectivity index (χ1) is 9.07. The molecule has 0 amide bonds. The van der Waals surface area contributed by atoms with E-state index in [1.165, 1.54) is 4.68 Å². The number of halogens is 1. The number of rotatable bonds is 8. The van der Waals surface area contributed by atoms with Crippen LogP contribution in [0.1, 0.15) is 39.7 Å². The predicted molar refractivity (Wildman–Crippen MR) is 80.8 cm³/mol. The molecule has 0 saturated heterocycles. The summed E-state index contributed by atoms with van der Waals surface area (Å²) >= 11 is 3.33. The molecule has 1 aromatic heterocycles. The van der Waals surface area contributed by atoms with Crippen molar-refractivity contribution in [2.75, 3.05) is 25.1 Å². The van der Waals surface area contributed by atoms with Gasteiger partial charge in [0.05, 0.1) is 17.9 Å². The van der Waals surface area contributed by atoms with Crippen LogP contribution in [0.5, 0.6) is 0 Å². The van der Waals surface area contributed by atoms with Gasteiger partial charge in [-0.15, -0.1) is 0 Å². The van der Waals surface area contributed by atoms with Gasteiger partial charge in [0.25, 0.3) is 5.56 Å². The van der Waals surface area contributed by atoms with E-state index in [-0.39, 0.29) is 11.6 Å². The third-order valence-corrected chi connectivity index (χ3v) is 3.33. The summed E-state index contributed by atoms with van der Waals surface area (Å²) in [5, 5.41) is 7.34. The molecule has 0 aliphatic heterocycles. The quantitative estimate of drug-likeness (QED) is 0.744. The molecule has 19 heavy (non-hydrogen) atoms. The maximum absolute atomic E-state index is 12.0. The Hall–Kier alpha value is -0.880. The number of aromatic nitrogens is 2.